The van der Waals surface area contributed by atoms with E-state index >= 15 is 0 Å². The number of carbonyl (C=O) groups is 1. The Balaban J connectivity index is 3.67. The molecule has 0 spiro atoms. The Kier molecular flexibility index (Phi) is 2.97. The first-order valence-corrected chi connectivity index (χ1v) is 2.57. The van der Waals surface area contributed by atoms with Gasteiger partial charge in [-0.05, 0) is 0 Å². The molecule has 0 bridgehead atoms. The van der Waals surface area contributed by atoms with Gasteiger partial charge in [-0.3, -0.25) is 4.55 Å². The summed E-state index contributed by atoms with van der Waals surface area (Å²) in [5, 5.41) is 7.77. The van der Waals surface area contributed by atoms with Crippen LogP contribution >= 0.6 is 0 Å². The number of carboxylic acid groups (broad SMARTS) is 1. The van der Waals surface area contributed by atoms with Crippen molar-refractivity contribution >= 4 is 23.5 Å². The first-order chi connectivity index (χ1) is 3.63. The van der Waals surface area contributed by atoms with E-state index in [9.17, 15) is 9.00 Å². The van der Waals surface area contributed by atoms with Crippen molar-refractivity contribution in [1.29, 1.82) is 0 Å². The summed E-state index contributed by atoms with van der Waals surface area (Å²) in [7, 11) is 0. The van der Waals surface area contributed by atoms with E-state index in [-0.39, 0.29) is 0 Å². The van der Waals surface area contributed by atoms with Gasteiger partial charge in [0, 0.05) is 0 Å². The fourth-order valence-corrected chi connectivity index (χ4v) is 0.271. The molecule has 0 radical (unpaired) electrons. The van der Waals surface area contributed by atoms with Crippen LogP contribution in [0, 0.1) is 0 Å². The smallest absolute Gasteiger partial charge is 0.347 e. The van der Waals surface area contributed by atoms with Gasteiger partial charge >= 0.3 is 5.97 Å². The zero-order chi connectivity index (χ0) is 6.57. The monoisotopic (exact) mass is 137 g/mol. The fraction of sp³-hybridized carbons (Fsp3) is 0. The largest absolute Gasteiger partial charge is 0.477 e. The Labute approximate surface area is 47.5 Å². The van der Waals surface area contributed by atoms with E-state index < -0.39 is 17.2 Å². The first kappa shape index (κ1) is 7.25. The van der Waals surface area contributed by atoms with Gasteiger partial charge in [-0.15, -0.1) is 0 Å². The highest BCUT2D eigenvalue weighted by molar-refractivity contribution is 7.78. The van der Waals surface area contributed by atoms with Crippen molar-refractivity contribution < 1.29 is 18.7 Å². The molecule has 0 rings (SSSR count). The van der Waals surface area contributed by atoms with Gasteiger partial charge in [0.1, 0.15) is 6.21 Å². The molecular weight excluding hydrogens is 134 g/mol. The van der Waals surface area contributed by atoms with Crippen LogP contribution in [0.3, 0.4) is 0 Å². The molecule has 0 aromatic heterocycles. The van der Waals surface area contributed by atoms with Crippen molar-refractivity contribution in [1.82, 2.24) is 0 Å². The zero-order valence-electron chi connectivity index (χ0n) is 3.64. The molecule has 5 nitrogen and oxygen atoms in total. The van der Waals surface area contributed by atoms with Crippen LogP contribution in [-0.4, -0.2) is 26.1 Å². The Morgan fingerprint density at radius 3 is 2.38 bits per heavy atom. The van der Waals surface area contributed by atoms with Crippen LogP contribution in [0.5, 0.6) is 0 Å². The Bertz CT molecular complexity index is 125. The number of carboxylic acids is 1. The van der Waals surface area contributed by atoms with E-state index in [0.717, 1.165) is 0 Å². The number of hydrogen-bond donors (Lipinski definition) is 2. The van der Waals surface area contributed by atoms with Crippen LogP contribution < -0.4 is 0 Å². The molecule has 0 aliphatic heterocycles. The van der Waals surface area contributed by atoms with Gasteiger partial charge in [-0.25, -0.2) is 9.00 Å². The summed E-state index contributed by atoms with van der Waals surface area (Å²) in [6.45, 7) is 0. The summed E-state index contributed by atoms with van der Waals surface area (Å²) in [4.78, 5) is 9.51. The molecule has 0 amide bonds. The summed E-state index contributed by atoms with van der Waals surface area (Å²) >= 11 is -2.40. The molecule has 0 saturated carbocycles. The van der Waals surface area contributed by atoms with Crippen LogP contribution in [0.4, 0.5) is 0 Å². The first-order valence-electron chi connectivity index (χ1n) is 1.51. The van der Waals surface area contributed by atoms with Crippen molar-refractivity contribution in [3.05, 3.63) is 0 Å². The molecule has 0 aromatic carbocycles. The van der Waals surface area contributed by atoms with Gasteiger partial charge in [0.05, 0.1) is 0 Å². The highest BCUT2D eigenvalue weighted by Gasteiger charge is 1.87. The van der Waals surface area contributed by atoms with E-state index in [1.807, 2.05) is 0 Å². The highest BCUT2D eigenvalue weighted by atomic mass is 32.2. The molecule has 1 atom stereocenters. The van der Waals surface area contributed by atoms with E-state index in [4.69, 9.17) is 9.66 Å². The number of hydrogen-bond acceptors (Lipinski definition) is 2. The Morgan fingerprint density at radius 2 is 2.25 bits per heavy atom. The maximum atomic E-state index is 9.55. The van der Waals surface area contributed by atoms with E-state index in [1.165, 1.54) is 0 Å². The average molecular weight is 137 g/mol. The van der Waals surface area contributed by atoms with Crippen molar-refractivity contribution in [3.63, 3.8) is 0 Å². The molecule has 2 N–H and O–H groups in total. The van der Waals surface area contributed by atoms with Crippen molar-refractivity contribution in [2.45, 2.75) is 0 Å². The minimum Gasteiger partial charge on any atom is -0.477 e. The summed E-state index contributed by atoms with van der Waals surface area (Å²) in [6, 6.07) is 0. The second-order valence-corrected chi connectivity index (χ2v) is 1.48. The lowest BCUT2D eigenvalue weighted by Gasteiger charge is -1.74. The molecule has 0 aliphatic rings. The fourth-order valence-electron chi connectivity index (χ4n) is 0.0902. The Morgan fingerprint density at radius 1 is 1.75 bits per heavy atom. The third-order valence-electron chi connectivity index (χ3n) is 0.253. The second kappa shape index (κ2) is 3.28. The lowest BCUT2D eigenvalue weighted by Crippen LogP contribution is -1.95. The Hall–Kier alpha value is -0.750. The molecule has 0 saturated heterocycles. The molecule has 0 aromatic rings. The van der Waals surface area contributed by atoms with Gasteiger partial charge in [0.25, 0.3) is 11.3 Å². The quantitative estimate of drug-likeness (QED) is 0.388. The average Bonchev–Trinajstić information content (AvgIpc) is 1.61. The topological polar surface area (TPSA) is 87.0 Å². The predicted molar refractivity (Wildman–Crippen MR) is 26.9 cm³/mol. The third-order valence-corrected chi connectivity index (χ3v) is 0.539. The van der Waals surface area contributed by atoms with Crippen LogP contribution in [-0.2, 0) is 16.1 Å². The van der Waals surface area contributed by atoms with E-state index in [0.29, 0.717) is 6.21 Å². The predicted octanol–water partition coefficient (Wildman–Crippen LogP) is -0.721. The van der Waals surface area contributed by atoms with Gasteiger partial charge in [0.15, 0.2) is 0 Å². The zero-order valence-corrected chi connectivity index (χ0v) is 4.46. The standard InChI is InChI=1S/C2H3NO4S/c4-2(5)1-3-8(6)7/h1H,(H,4,5)(H,6,7). The summed E-state index contributed by atoms with van der Waals surface area (Å²) in [5.74, 6) is -1.34. The van der Waals surface area contributed by atoms with Gasteiger partial charge in [-0.2, -0.15) is 4.40 Å². The molecule has 0 fully saturated rings. The normalized spacial score (nSPS) is 14.1. The molecule has 0 heterocycles. The SMILES string of the molecule is O=C(O)C=NS(=O)O. The summed E-state index contributed by atoms with van der Waals surface area (Å²) < 4.78 is 20.0. The number of nitrogens with zero attached hydrogens (tertiary/aromatic N) is 1. The molecule has 1 unspecified atom stereocenters. The van der Waals surface area contributed by atoms with Crippen molar-refractivity contribution in [2.24, 2.45) is 4.40 Å². The van der Waals surface area contributed by atoms with Gasteiger partial charge < -0.3 is 5.11 Å². The minimum absolute atomic E-state index is 0.357. The lowest BCUT2D eigenvalue weighted by atomic mass is 10.8. The third kappa shape index (κ3) is 5.25. The van der Waals surface area contributed by atoms with Crippen LogP contribution in [0.2, 0.25) is 0 Å². The van der Waals surface area contributed by atoms with E-state index in [1.54, 1.807) is 0 Å². The van der Waals surface area contributed by atoms with Crippen molar-refractivity contribution in [2.75, 3.05) is 0 Å². The molecule has 46 valence electrons. The van der Waals surface area contributed by atoms with Crippen molar-refractivity contribution in [3.8, 4) is 0 Å². The highest BCUT2D eigenvalue weighted by Crippen LogP contribution is 1.69. The molecule has 8 heavy (non-hydrogen) atoms. The van der Waals surface area contributed by atoms with Crippen LogP contribution in [0.25, 0.3) is 0 Å². The molecular formula is C2H3NO4S. The maximum Gasteiger partial charge on any atom is 0.347 e. The van der Waals surface area contributed by atoms with E-state index in [2.05, 4.69) is 4.40 Å². The van der Waals surface area contributed by atoms with Gasteiger partial charge in [-0.1, -0.05) is 0 Å². The van der Waals surface area contributed by atoms with Crippen LogP contribution in [0.15, 0.2) is 4.40 Å². The molecule has 0 aliphatic carbocycles. The van der Waals surface area contributed by atoms with Gasteiger partial charge in [0.2, 0.25) is 0 Å². The summed E-state index contributed by atoms with van der Waals surface area (Å²) in [6.07, 6.45) is 0.357. The second-order valence-electron chi connectivity index (χ2n) is 0.803. The maximum absolute atomic E-state index is 9.55. The van der Waals surface area contributed by atoms with Crippen LogP contribution in [0.1, 0.15) is 0 Å². The minimum atomic E-state index is -2.40. The number of aliphatic carboxylic acids is 1. The summed E-state index contributed by atoms with van der Waals surface area (Å²) in [5.41, 5.74) is 0. The molecule has 6 heteroatoms. The number of rotatable bonds is 2. The lowest BCUT2D eigenvalue weighted by molar-refractivity contribution is -0.128.